The molecule has 0 aliphatic rings. The van der Waals surface area contributed by atoms with E-state index in [2.05, 4.69) is 25.6 Å². The molecule has 1 atom stereocenters. The molecule has 35 heavy (non-hydrogen) atoms. The van der Waals surface area contributed by atoms with E-state index in [0.29, 0.717) is 0 Å². The highest BCUT2D eigenvalue weighted by Gasteiger charge is 2.26. The van der Waals surface area contributed by atoms with Crippen LogP contribution in [0, 0.1) is 11.7 Å². The molecule has 0 saturated heterocycles. The molecule has 0 aromatic carbocycles. The summed E-state index contributed by atoms with van der Waals surface area (Å²) in [6, 6.07) is 2.73. The Labute approximate surface area is 207 Å². The van der Waals surface area contributed by atoms with E-state index in [-0.39, 0.29) is 48.4 Å². The minimum Gasteiger partial charge on any atom is -0.481 e. The number of carboxylic acids is 1. The lowest BCUT2D eigenvalue weighted by molar-refractivity contribution is -0.141. The Morgan fingerprint density at radius 2 is 1.97 bits per heavy atom. The maximum atomic E-state index is 13.9. The number of amides is 2. The summed E-state index contributed by atoms with van der Waals surface area (Å²) in [6.07, 6.45) is 1.69. The SMILES string of the molecule is CC(CN(CCC(=O)Nc1c(Cl)ncnc1NCc1ncccc1F)C(=O)OC(C)(C)C)C(=O)O. The van der Waals surface area contributed by atoms with Crippen molar-refractivity contribution in [2.24, 2.45) is 5.92 Å². The van der Waals surface area contributed by atoms with Gasteiger partial charge < -0.3 is 25.4 Å². The summed E-state index contributed by atoms with van der Waals surface area (Å²) in [6.45, 7) is 6.21. The number of pyridine rings is 1. The number of carboxylic acid groups (broad SMARTS) is 1. The summed E-state index contributed by atoms with van der Waals surface area (Å²) < 4.78 is 19.2. The van der Waals surface area contributed by atoms with E-state index in [1.54, 1.807) is 20.8 Å². The van der Waals surface area contributed by atoms with Crippen LogP contribution in [0.15, 0.2) is 24.7 Å². The number of halogens is 2. The van der Waals surface area contributed by atoms with Crippen LogP contribution in [0.5, 0.6) is 0 Å². The van der Waals surface area contributed by atoms with Crippen LogP contribution in [0.25, 0.3) is 0 Å². The molecule has 13 heteroatoms. The van der Waals surface area contributed by atoms with Crippen molar-refractivity contribution in [1.82, 2.24) is 19.9 Å². The third kappa shape index (κ3) is 8.96. The van der Waals surface area contributed by atoms with Crippen molar-refractivity contribution in [3.63, 3.8) is 0 Å². The van der Waals surface area contributed by atoms with Gasteiger partial charge in [0.1, 0.15) is 23.4 Å². The van der Waals surface area contributed by atoms with Gasteiger partial charge in [0.2, 0.25) is 5.91 Å². The van der Waals surface area contributed by atoms with Crippen LogP contribution in [0.3, 0.4) is 0 Å². The Balaban J connectivity index is 2.08. The molecule has 1 unspecified atom stereocenters. The molecule has 190 valence electrons. The lowest BCUT2D eigenvalue weighted by Gasteiger charge is -2.28. The largest absolute Gasteiger partial charge is 0.481 e. The van der Waals surface area contributed by atoms with Gasteiger partial charge in [0.15, 0.2) is 11.0 Å². The Morgan fingerprint density at radius 1 is 1.26 bits per heavy atom. The lowest BCUT2D eigenvalue weighted by Crippen LogP contribution is -2.42. The number of carbonyl (C=O) groups excluding carboxylic acids is 2. The lowest BCUT2D eigenvalue weighted by atomic mass is 10.1. The second-order valence-corrected chi connectivity index (χ2v) is 9.00. The Morgan fingerprint density at radius 3 is 2.60 bits per heavy atom. The van der Waals surface area contributed by atoms with Crippen molar-refractivity contribution in [3.05, 3.63) is 41.3 Å². The summed E-state index contributed by atoms with van der Waals surface area (Å²) in [7, 11) is 0. The molecule has 0 aliphatic heterocycles. The number of anilines is 2. The van der Waals surface area contributed by atoms with E-state index in [0.717, 1.165) is 4.90 Å². The quantitative estimate of drug-likeness (QED) is 0.408. The van der Waals surface area contributed by atoms with Crippen LogP contribution in [0.1, 0.15) is 39.8 Å². The third-order valence-electron chi connectivity index (χ3n) is 4.50. The second kappa shape index (κ2) is 12.2. The van der Waals surface area contributed by atoms with Crippen LogP contribution >= 0.6 is 11.6 Å². The molecule has 2 heterocycles. The van der Waals surface area contributed by atoms with Crippen molar-refractivity contribution in [2.45, 2.75) is 46.3 Å². The molecule has 0 saturated carbocycles. The summed E-state index contributed by atoms with van der Waals surface area (Å²) in [5.41, 5.74) is -0.592. The molecule has 0 radical (unpaired) electrons. The van der Waals surface area contributed by atoms with E-state index in [1.165, 1.54) is 31.6 Å². The molecule has 0 fully saturated rings. The first-order chi connectivity index (χ1) is 16.4. The number of hydrogen-bond acceptors (Lipinski definition) is 8. The van der Waals surface area contributed by atoms with Gasteiger partial charge in [-0.1, -0.05) is 18.5 Å². The minimum atomic E-state index is -1.09. The Bertz CT molecular complexity index is 1060. The smallest absolute Gasteiger partial charge is 0.410 e. The number of rotatable bonds is 10. The predicted molar refractivity (Wildman–Crippen MR) is 126 cm³/mol. The van der Waals surface area contributed by atoms with Crippen LogP contribution < -0.4 is 10.6 Å². The Hall–Kier alpha value is -3.54. The zero-order valence-electron chi connectivity index (χ0n) is 19.8. The molecule has 0 aliphatic carbocycles. The van der Waals surface area contributed by atoms with Gasteiger partial charge in [0.25, 0.3) is 0 Å². The number of carbonyl (C=O) groups is 3. The van der Waals surface area contributed by atoms with Crippen molar-refractivity contribution in [2.75, 3.05) is 23.7 Å². The van der Waals surface area contributed by atoms with Crippen molar-refractivity contribution in [3.8, 4) is 0 Å². The normalized spacial score (nSPS) is 11.9. The highest BCUT2D eigenvalue weighted by Crippen LogP contribution is 2.27. The third-order valence-corrected chi connectivity index (χ3v) is 4.79. The molecule has 2 aromatic heterocycles. The minimum absolute atomic E-state index is 0.0254. The number of hydrogen-bond donors (Lipinski definition) is 3. The molecular formula is C22H28ClFN6O5. The molecule has 2 rings (SSSR count). The van der Waals surface area contributed by atoms with Crippen LogP contribution in [0.2, 0.25) is 5.15 Å². The average Bonchev–Trinajstić information content (AvgIpc) is 2.76. The zero-order chi connectivity index (χ0) is 26.2. The van der Waals surface area contributed by atoms with Gasteiger partial charge in [-0.15, -0.1) is 0 Å². The molecule has 3 N–H and O–H groups in total. The number of nitrogens with one attached hydrogen (secondary N) is 2. The van der Waals surface area contributed by atoms with Gasteiger partial charge in [0.05, 0.1) is 18.2 Å². The molecule has 0 spiro atoms. The predicted octanol–water partition coefficient (Wildman–Crippen LogP) is 3.56. The average molecular weight is 511 g/mol. The van der Waals surface area contributed by atoms with Gasteiger partial charge in [-0.2, -0.15) is 0 Å². The van der Waals surface area contributed by atoms with E-state index in [4.69, 9.17) is 16.3 Å². The first-order valence-corrected chi connectivity index (χ1v) is 11.1. The topological polar surface area (TPSA) is 147 Å². The molecule has 0 bridgehead atoms. The first kappa shape index (κ1) is 27.7. The standard InChI is InChI=1S/C22H28ClFN6O5/c1-13(20(32)33)11-30(21(34)35-22(2,3)4)9-7-16(31)29-17-18(23)27-12-28-19(17)26-10-15-14(24)6-5-8-25-15/h5-6,8,12-13H,7,9-11H2,1-4H3,(H,29,31)(H,32,33)(H,26,27,28). The van der Waals surface area contributed by atoms with E-state index < -0.39 is 35.3 Å². The van der Waals surface area contributed by atoms with Crippen LogP contribution in [-0.4, -0.2) is 61.6 Å². The second-order valence-electron chi connectivity index (χ2n) is 8.64. The Kier molecular flexibility index (Phi) is 9.69. The van der Waals surface area contributed by atoms with Gasteiger partial charge in [-0.3, -0.25) is 14.6 Å². The van der Waals surface area contributed by atoms with Gasteiger partial charge in [-0.25, -0.2) is 19.2 Å². The van der Waals surface area contributed by atoms with Crippen molar-refractivity contribution >= 4 is 41.1 Å². The molecular weight excluding hydrogens is 483 g/mol. The fourth-order valence-corrected chi connectivity index (χ4v) is 2.94. The summed E-state index contributed by atoms with van der Waals surface area (Å²) >= 11 is 6.13. The first-order valence-electron chi connectivity index (χ1n) is 10.7. The summed E-state index contributed by atoms with van der Waals surface area (Å²) in [4.78, 5) is 49.4. The van der Waals surface area contributed by atoms with Crippen molar-refractivity contribution in [1.29, 1.82) is 0 Å². The van der Waals surface area contributed by atoms with E-state index in [9.17, 15) is 23.9 Å². The number of ether oxygens (including phenoxy) is 1. The molecule has 2 amide bonds. The maximum Gasteiger partial charge on any atom is 0.410 e. The zero-order valence-corrected chi connectivity index (χ0v) is 20.6. The number of nitrogens with zero attached hydrogens (tertiary/aromatic N) is 4. The highest BCUT2D eigenvalue weighted by molar-refractivity contribution is 6.33. The highest BCUT2D eigenvalue weighted by atomic mass is 35.5. The maximum absolute atomic E-state index is 13.9. The van der Waals surface area contributed by atoms with E-state index in [1.807, 2.05) is 0 Å². The number of aromatic nitrogens is 3. The molecule has 2 aromatic rings. The van der Waals surface area contributed by atoms with E-state index >= 15 is 0 Å². The van der Waals surface area contributed by atoms with Crippen molar-refractivity contribution < 1.29 is 28.6 Å². The van der Waals surface area contributed by atoms with Gasteiger partial charge in [-0.05, 0) is 32.9 Å². The van der Waals surface area contributed by atoms with Crippen LogP contribution in [0.4, 0.5) is 20.7 Å². The molecule has 11 nitrogen and oxygen atoms in total. The van der Waals surface area contributed by atoms with Crippen LogP contribution in [-0.2, 0) is 20.9 Å². The van der Waals surface area contributed by atoms with Gasteiger partial charge >= 0.3 is 12.1 Å². The monoisotopic (exact) mass is 510 g/mol. The fraction of sp³-hybridized carbons (Fsp3) is 0.455. The van der Waals surface area contributed by atoms with Gasteiger partial charge in [0, 0.05) is 25.7 Å². The summed E-state index contributed by atoms with van der Waals surface area (Å²) in [5, 5.41) is 14.6. The summed E-state index contributed by atoms with van der Waals surface area (Å²) in [5.74, 6) is -2.86. The number of aliphatic carboxylic acids is 1. The fourth-order valence-electron chi connectivity index (χ4n) is 2.76.